The number of rotatable bonds is 3. The van der Waals surface area contributed by atoms with Crippen molar-refractivity contribution in [3.05, 3.63) is 23.2 Å². The molecule has 2 N–H and O–H groups in total. The molecule has 0 aliphatic carbocycles. The topological polar surface area (TPSA) is 27.3 Å². The fraction of sp³-hybridized carbons (Fsp3) is 0.500. The maximum atomic E-state index is 6.21. The Morgan fingerprint density at radius 2 is 2.25 bits per heavy atom. The number of hydrogen-bond donors (Lipinski definition) is 2. The third-order valence-corrected chi connectivity index (χ3v) is 3.16. The summed E-state index contributed by atoms with van der Waals surface area (Å²) < 4.78 is 0. The van der Waals surface area contributed by atoms with Crippen molar-refractivity contribution in [2.45, 2.75) is 12.5 Å². The molecule has 0 aromatic heterocycles. The highest BCUT2D eigenvalue weighted by atomic mass is 35.5. The highest BCUT2D eigenvalue weighted by Gasteiger charge is 2.16. The van der Waals surface area contributed by atoms with Gasteiger partial charge in [-0.25, -0.2) is 0 Å². The molecule has 1 aromatic rings. The van der Waals surface area contributed by atoms with Crippen molar-refractivity contribution in [3.63, 3.8) is 0 Å². The van der Waals surface area contributed by atoms with Crippen LogP contribution < -0.4 is 15.5 Å². The lowest BCUT2D eigenvalue weighted by atomic mass is 10.2. The molecule has 2 rings (SSSR count). The second-order valence-corrected chi connectivity index (χ2v) is 4.77. The Kier molecular flexibility index (Phi) is 3.56. The summed E-state index contributed by atoms with van der Waals surface area (Å²) in [6.45, 7) is 2.12. The van der Waals surface area contributed by atoms with Gasteiger partial charge in [-0.15, -0.1) is 0 Å². The lowest BCUT2D eigenvalue weighted by Crippen LogP contribution is -2.23. The van der Waals surface area contributed by atoms with Crippen molar-refractivity contribution >= 4 is 23.0 Å². The molecule has 1 saturated heterocycles. The standard InChI is InChI=1S/C12H18ClN3/c1-16(2)12-10(13)4-3-5-11(12)15-9-6-7-14-8-9/h3-5,9,14-15H,6-8H2,1-2H3. The van der Waals surface area contributed by atoms with Crippen LogP contribution in [0, 0.1) is 0 Å². The third-order valence-electron chi connectivity index (χ3n) is 2.85. The van der Waals surface area contributed by atoms with E-state index in [0.717, 1.165) is 29.5 Å². The molecule has 1 unspecified atom stereocenters. The Hall–Kier alpha value is -0.930. The molecule has 0 spiro atoms. The second-order valence-electron chi connectivity index (χ2n) is 4.36. The molecule has 0 radical (unpaired) electrons. The van der Waals surface area contributed by atoms with Gasteiger partial charge < -0.3 is 15.5 Å². The van der Waals surface area contributed by atoms with Crippen molar-refractivity contribution in [2.24, 2.45) is 0 Å². The molecule has 0 bridgehead atoms. The molecule has 3 nitrogen and oxygen atoms in total. The SMILES string of the molecule is CN(C)c1c(Cl)cccc1NC1CCNC1. The van der Waals surface area contributed by atoms with E-state index in [4.69, 9.17) is 11.6 Å². The van der Waals surface area contributed by atoms with Gasteiger partial charge in [0.05, 0.1) is 16.4 Å². The maximum absolute atomic E-state index is 6.21. The molecular formula is C12H18ClN3. The largest absolute Gasteiger partial charge is 0.379 e. The Morgan fingerprint density at radius 3 is 2.88 bits per heavy atom. The minimum absolute atomic E-state index is 0.511. The lowest BCUT2D eigenvalue weighted by molar-refractivity contribution is 0.793. The summed E-state index contributed by atoms with van der Waals surface area (Å²) in [4.78, 5) is 2.05. The zero-order valence-corrected chi connectivity index (χ0v) is 10.5. The van der Waals surface area contributed by atoms with E-state index in [-0.39, 0.29) is 0 Å². The Morgan fingerprint density at radius 1 is 1.44 bits per heavy atom. The monoisotopic (exact) mass is 239 g/mol. The smallest absolute Gasteiger partial charge is 0.0786 e. The molecule has 4 heteroatoms. The highest BCUT2D eigenvalue weighted by molar-refractivity contribution is 6.34. The summed E-state index contributed by atoms with van der Waals surface area (Å²) in [6.07, 6.45) is 1.17. The maximum Gasteiger partial charge on any atom is 0.0786 e. The molecule has 16 heavy (non-hydrogen) atoms. The minimum atomic E-state index is 0.511. The van der Waals surface area contributed by atoms with E-state index in [9.17, 15) is 0 Å². The fourth-order valence-corrected chi connectivity index (χ4v) is 2.43. The van der Waals surface area contributed by atoms with Crippen LogP contribution in [0.2, 0.25) is 5.02 Å². The number of anilines is 2. The second kappa shape index (κ2) is 4.93. The van der Waals surface area contributed by atoms with E-state index >= 15 is 0 Å². The van der Waals surface area contributed by atoms with Gasteiger partial charge in [-0.05, 0) is 25.1 Å². The zero-order chi connectivity index (χ0) is 11.5. The quantitative estimate of drug-likeness (QED) is 0.847. The van der Waals surface area contributed by atoms with Crippen molar-refractivity contribution < 1.29 is 0 Å². The molecule has 1 aliphatic rings. The first-order chi connectivity index (χ1) is 7.68. The van der Waals surface area contributed by atoms with Gasteiger partial charge in [0.25, 0.3) is 0 Å². The van der Waals surface area contributed by atoms with E-state index in [1.807, 2.05) is 31.1 Å². The van der Waals surface area contributed by atoms with Crippen LogP contribution in [-0.2, 0) is 0 Å². The average Bonchev–Trinajstić information content (AvgIpc) is 2.70. The van der Waals surface area contributed by atoms with Gasteiger partial charge in [0, 0.05) is 26.7 Å². The summed E-state index contributed by atoms with van der Waals surface area (Å²) in [6, 6.07) is 6.51. The molecule has 0 saturated carbocycles. The van der Waals surface area contributed by atoms with Crippen LogP contribution in [-0.4, -0.2) is 33.2 Å². The van der Waals surface area contributed by atoms with Crippen molar-refractivity contribution in [1.29, 1.82) is 0 Å². The Labute approximate surface area is 102 Å². The van der Waals surface area contributed by atoms with Crippen LogP contribution in [0.25, 0.3) is 0 Å². The molecule has 1 aliphatic heterocycles. The van der Waals surface area contributed by atoms with Gasteiger partial charge >= 0.3 is 0 Å². The Bertz CT molecular complexity index is 359. The molecule has 88 valence electrons. The number of hydrogen-bond acceptors (Lipinski definition) is 3. The van der Waals surface area contributed by atoms with Crippen molar-refractivity contribution in [3.8, 4) is 0 Å². The van der Waals surface area contributed by atoms with Gasteiger partial charge in [0.15, 0.2) is 0 Å². The normalized spacial score (nSPS) is 19.8. The first kappa shape index (κ1) is 11.6. The van der Waals surface area contributed by atoms with Crippen LogP contribution in [0.3, 0.4) is 0 Å². The Balaban J connectivity index is 2.21. The van der Waals surface area contributed by atoms with E-state index in [1.54, 1.807) is 0 Å². The van der Waals surface area contributed by atoms with Crippen molar-refractivity contribution in [1.82, 2.24) is 5.32 Å². The van der Waals surface area contributed by atoms with Crippen LogP contribution >= 0.6 is 11.6 Å². The van der Waals surface area contributed by atoms with Crippen LogP contribution in [0.1, 0.15) is 6.42 Å². The zero-order valence-electron chi connectivity index (χ0n) is 9.76. The van der Waals surface area contributed by atoms with Gasteiger partial charge in [-0.2, -0.15) is 0 Å². The molecule has 0 amide bonds. The number of para-hydroxylation sites is 1. The highest BCUT2D eigenvalue weighted by Crippen LogP contribution is 2.33. The third kappa shape index (κ3) is 2.42. The lowest BCUT2D eigenvalue weighted by Gasteiger charge is -2.22. The average molecular weight is 240 g/mol. The van der Waals surface area contributed by atoms with E-state index < -0.39 is 0 Å². The summed E-state index contributed by atoms with van der Waals surface area (Å²) >= 11 is 6.21. The first-order valence-electron chi connectivity index (χ1n) is 5.61. The predicted molar refractivity (Wildman–Crippen MR) is 70.7 cm³/mol. The fourth-order valence-electron chi connectivity index (χ4n) is 2.08. The van der Waals surface area contributed by atoms with Gasteiger partial charge in [-0.3, -0.25) is 0 Å². The van der Waals surface area contributed by atoms with Gasteiger partial charge in [-0.1, -0.05) is 17.7 Å². The summed E-state index contributed by atoms with van der Waals surface area (Å²) in [5.41, 5.74) is 2.18. The molecule has 1 aromatic carbocycles. The molecule has 1 atom stereocenters. The van der Waals surface area contributed by atoms with E-state index in [1.165, 1.54) is 6.42 Å². The van der Waals surface area contributed by atoms with E-state index in [0.29, 0.717) is 6.04 Å². The van der Waals surface area contributed by atoms with Crippen LogP contribution in [0.4, 0.5) is 11.4 Å². The van der Waals surface area contributed by atoms with E-state index in [2.05, 4.69) is 16.7 Å². The first-order valence-corrected chi connectivity index (χ1v) is 5.99. The minimum Gasteiger partial charge on any atom is -0.379 e. The summed E-state index contributed by atoms with van der Waals surface area (Å²) in [5.74, 6) is 0. The van der Waals surface area contributed by atoms with Gasteiger partial charge in [0.2, 0.25) is 0 Å². The number of benzene rings is 1. The number of halogens is 1. The predicted octanol–water partition coefficient (Wildman–Crippen LogP) is 2.18. The van der Waals surface area contributed by atoms with Crippen LogP contribution in [0.5, 0.6) is 0 Å². The molecule has 1 fully saturated rings. The molecular weight excluding hydrogens is 222 g/mol. The summed E-state index contributed by atoms with van der Waals surface area (Å²) in [7, 11) is 4.03. The van der Waals surface area contributed by atoms with Crippen LogP contribution in [0.15, 0.2) is 18.2 Å². The number of nitrogens with zero attached hydrogens (tertiary/aromatic N) is 1. The van der Waals surface area contributed by atoms with Crippen molar-refractivity contribution in [2.75, 3.05) is 37.4 Å². The number of nitrogens with one attached hydrogen (secondary N) is 2. The molecule has 1 heterocycles. The summed E-state index contributed by atoms with van der Waals surface area (Å²) in [5, 5.41) is 7.68. The van der Waals surface area contributed by atoms with Gasteiger partial charge in [0.1, 0.15) is 0 Å².